The molecule has 2 aromatic carbocycles. The van der Waals surface area contributed by atoms with Crippen molar-refractivity contribution in [3.05, 3.63) is 58.9 Å². The van der Waals surface area contributed by atoms with Crippen molar-refractivity contribution < 1.29 is 13.2 Å². The van der Waals surface area contributed by atoms with Gasteiger partial charge in [0.1, 0.15) is 17.5 Å². The van der Waals surface area contributed by atoms with Gasteiger partial charge in [0.15, 0.2) is 0 Å². The molecule has 1 nitrogen and oxygen atoms in total. The molecule has 0 radical (unpaired) electrons. The molecule has 0 heterocycles. The van der Waals surface area contributed by atoms with Crippen molar-refractivity contribution in [2.24, 2.45) is 0 Å². The average Bonchev–Trinajstić information content (AvgIpc) is 2.46. The molecule has 112 valence electrons. The highest BCUT2D eigenvalue weighted by Crippen LogP contribution is 2.29. The van der Waals surface area contributed by atoms with Crippen molar-refractivity contribution >= 4 is 0 Å². The van der Waals surface area contributed by atoms with Crippen LogP contribution in [0.2, 0.25) is 0 Å². The van der Waals surface area contributed by atoms with E-state index in [0.29, 0.717) is 17.7 Å². The van der Waals surface area contributed by atoms with Crippen LogP contribution >= 0.6 is 0 Å². The van der Waals surface area contributed by atoms with Gasteiger partial charge in [-0.25, -0.2) is 13.2 Å². The molecule has 0 aliphatic carbocycles. The molecule has 0 saturated heterocycles. The first kappa shape index (κ1) is 15.6. The van der Waals surface area contributed by atoms with Gasteiger partial charge in [0.05, 0.1) is 5.56 Å². The molecule has 0 spiro atoms. The van der Waals surface area contributed by atoms with E-state index in [1.54, 1.807) is 19.1 Å². The highest BCUT2D eigenvalue weighted by Gasteiger charge is 2.15. The van der Waals surface area contributed by atoms with Gasteiger partial charge in [0.25, 0.3) is 0 Å². The van der Waals surface area contributed by atoms with Gasteiger partial charge < -0.3 is 5.32 Å². The van der Waals surface area contributed by atoms with Gasteiger partial charge in [-0.1, -0.05) is 25.1 Å². The minimum Gasteiger partial charge on any atom is -0.313 e. The molecule has 4 heteroatoms. The largest absolute Gasteiger partial charge is 0.313 e. The normalized spacial score (nSPS) is 10.9. The summed E-state index contributed by atoms with van der Waals surface area (Å²) in [7, 11) is 0. The second-order valence-corrected chi connectivity index (χ2v) is 5.04. The summed E-state index contributed by atoms with van der Waals surface area (Å²) in [4.78, 5) is 0. The SMILES string of the molecule is CCCNCc1ccc(-c2c(F)ccc(C)c2F)cc1F. The molecule has 0 atom stereocenters. The number of rotatable bonds is 5. The topological polar surface area (TPSA) is 12.0 Å². The Kier molecular flexibility index (Phi) is 5.02. The van der Waals surface area contributed by atoms with Crippen molar-refractivity contribution in [2.75, 3.05) is 6.54 Å². The van der Waals surface area contributed by atoms with Crippen LogP contribution < -0.4 is 5.32 Å². The van der Waals surface area contributed by atoms with E-state index in [2.05, 4.69) is 5.32 Å². The predicted molar refractivity (Wildman–Crippen MR) is 78.5 cm³/mol. The van der Waals surface area contributed by atoms with Gasteiger partial charge in [0.2, 0.25) is 0 Å². The van der Waals surface area contributed by atoms with Gasteiger partial charge in [-0.15, -0.1) is 0 Å². The summed E-state index contributed by atoms with van der Waals surface area (Å²) in [5.41, 5.74) is 0.855. The van der Waals surface area contributed by atoms with Crippen LogP contribution in [0.3, 0.4) is 0 Å². The number of hydrogen-bond acceptors (Lipinski definition) is 1. The molecule has 1 N–H and O–H groups in total. The highest BCUT2D eigenvalue weighted by molar-refractivity contribution is 5.66. The van der Waals surface area contributed by atoms with Crippen LogP contribution in [-0.4, -0.2) is 6.54 Å². The van der Waals surface area contributed by atoms with Crippen LogP contribution in [0.1, 0.15) is 24.5 Å². The molecule has 0 aromatic heterocycles. The summed E-state index contributed by atoms with van der Waals surface area (Å²) in [6.45, 7) is 4.77. The summed E-state index contributed by atoms with van der Waals surface area (Å²) >= 11 is 0. The lowest BCUT2D eigenvalue weighted by molar-refractivity contribution is 0.579. The van der Waals surface area contributed by atoms with Gasteiger partial charge in [-0.3, -0.25) is 0 Å². The van der Waals surface area contributed by atoms with Gasteiger partial charge >= 0.3 is 0 Å². The zero-order valence-electron chi connectivity index (χ0n) is 12.1. The zero-order chi connectivity index (χ0) is 15.4. The molecule has 0 aliphatic rings. The van der Waals surface area contributed by atoms with Crippen molar-refractivity contribution in [3.63, 3.8) is 0 Å². The van der Waals surface area contributed by atoms with Gasteiger partial charge in [-0.2, -0.15) is 0 Å². The predicted octanol–water partition coefficient (Wildman–Crippen LogP) is 4.58. The lowest BCUT2D eigenvalue weighted by atomic mass is 10.00. The molecule has 2 rings (SSSR count). The molecule has 0 unspecified atom stereocenters. The van der Waals surface area contributed by atoms with Crippen LogP contribution in [-0.2, 0) is 6.54 Å². The van der Waals surface area contributed by atoms with E-state index in [-0.39, 0.29) is 11.1 Å². The zero-order valence-corrected chi connectivity index (χ0v) is 12.1. The Bertz CT molecular complexity index is 638. The van der Waals surface area contributed by atoms with Crippen LogP contribution in [0.4, 0.5) is 13.2 Å². The third-order valence-corrected chi connectivity index (χ3v) is 3.37. The van der Waals surface area contributed by atoms with Crippen LogP contribution in [0.25, 0.3) is 11.1 Å². The van der Waals surface area contributed by atoms with E-state index in [0.717, 1.165) is 13.0 Å². The number of halogens is 3. The van der Waals surface area contributed by atoms with E-state index in [1.807, 2.05) is 6.92 Å². The minimum absolute atomic E-state index is 0.179. The van der Waals surface area contributed by atoms with Gasteiger partial charge in [-0.05, 0) is 43.1 Å². The smallest absolute Gasteiger partial charge is 0.136 e. The summed E-state index contributed by atoms with van der Waals surface area (Å²) in [5, 5.41) is 3.10. The lowest BCUT2D eigenvalue weighted by Gasteiger charge is -2.10. The fourth-order valence-electron chi connectivity index (χ4n) is 2.17. The molecular weight excluding hydrogens is 275 g/mol. The second-order valence-electron chi connectivity index (χ2n) is 5.04. The van der Waals surface area contributed by atoms with E-state index in [1.165, 1.54) is 18.2 Å². The van der Waals surface area contributed by atoms with E-state index in [9.17, 15) is 13.2 Å². The summed E-state index contributed by atoms with van der Waals surface area (Å²) in [6, 6.07) is 6.86. The summed E-state index contributed by atoms with van der Waals surface area (Å²) in [6.07, 6.45) is 0.958. The van der Waals surface area contributed by atoms with Crippen molar-refractivity contribution in [1.82, 2.24) is 5.32 Å². The maximum absolute atomic E-state index is 14.1. The number of hydrogen-bond donors (Lipinski definition) is 1. The molecule has 0 fully saturated rings. The molecule has 2 aromatic rings. The molecular formula is C17H18F3N. The Hall–Kier alpha value is -1.81. The van der Waals surface area contributed by atoms with Crippen molar-refractivity contribution in [1.29, 1.82) is 0 Å². The maximum Gasteiger partial charge on any atom is 0.136 e. The maximum atomic E-state index is 14.1. The quantitative estimate of drug-likeness (QED) is 0.796. The number of benzene rings is 2. The average molecular weight is 293 g/mol. The van der Waals surface area contributed by atoms with Crippen molar-refractivity contribution in [3.8, 4) is 11.1 Å². The van der Waals surface area contributed by atoms with Crippen LogP contribution in [0.15, 0.2) is 30.3 Å². The third kappa shape index (κ3) is 3.45. The Balaban J connectivity index is 2.34. The summed E-state index contributed by atoms with van der Waals surface area (Å²) < 4.78 is 41.9. The Morgan fingerprint density at radius 2 is 1.76 bits per heavy atom. The van der Waals surface area contributed by atoms with Gasteiger partial charge in [0, 0.05) is 12.1 Å². The first-order valence-electron chi connectivity index (χ1n) is 6.98. The highest BCUT2D eigenvalue weighted by atomic mass is 19.1. The Morgan fingerprint density at radius 3 is 2.43 bits per heavy atom. The lowest BCUT2D eigenvalue weighted by Crippen LogP contribution is -2.14. The van der Waals surface area contributed by atoms with E-state index < -0.39 is 17.5 Å². The van der Waals surface area contributed by atoms with E-state index >= 15 is 0 Å². The second kappa shape index (κ2) is 6.76. The molecule has 21 heavy (non-hydrogen) atoms. The molecule has 0 amide bonds. The summed E-state index contributed by atoms with van der Waals surface area (Å²) in [5.74, 6) is -1.79. The number of nitrogens with one attached hydrogen (secondary N) is 1. The minimum atomic E-state index is -0.686. The van der Waals surface area contributed by atoms with Crippen LogP contribution in [0.5, 0.6) is 0 Å². The fourth-order valence-corrected chi connectivity index (χ4v) is 2.17. The van der Waals surface area contributed by atoms with Crippen molar-refractivity contribution in [2.45, 2.75) is 26.8 Å². The third-order valence-electron chi connectivity index (χ3n) is 3.37. The Morgan fingerprint density at radius 1 is 1.00 bits per heavy atom. The monoisotopic (exact) mass is 293 g/mol. The molecule has 0 bridgehead atoms. The Labute approximate surface area is 122 Å². The standard InChI is InChI=1S/C17H18F3N/c1-3-8-21-10-13-6-5-12(9-15(13)19)16-14(18)7-4-11(2)17(16)20/h4-7,9,21H,3,8,10H2,1-2H3. The number of aryl methyl sites for hydroxylation is 1. The fraction of sp³-hybridized carbons (Fsp3) is 0.294. The molecule has 0 aliphatic heterocycles. The van der Waals surface area contributed by atoms with E-state index in [4.69, 9.17) is 0 Å². The van der Waals surface area contributed by atoms with Crippen LogP contribution in [0, 0.1) is 24.4 Å². The first-order valence-corrected chi connectivity index (χ1v) is 6.98. The first-order chi connectivity index (χ1) is 10.0. The molecule has 0 saturated carbocycles.